The molecule has 1 aliphatic rings. The van der Waals surface area contributed by atoms with Crippen molar-refractivity contribution in [2.45, 2.75) is 45.2 Å². The predicted octanol–water partition coefficient (Wildman–Crippen LogP) is 0.599. The normalized spacial score (nSPS) is 22.4. The van der Waals surface area contributed by atoms with E-state index in [1.165, 1.54) is 22.8 Å². The quantitative estimate of drug-likeness (QED) is 0.706. The molecule has 0 saturated carbocycles. The van der Waals surface area contributed by atoms with Gasteiger partial charge in [0, 0.05) is 19.6 Å². The fraction of sp³-hybridized carbons (Fsp3) is 0.909. The van der Waals surface area contributed by atoms with Crippen LogP contribution in [0.2, 0.25) is 0 Å². The van der Waals surface area contributed by atoms with Crippen molar-refractivity contribution in [3.05, 3.63) is 0 Å². The maximum Gasteiger partial charge on any atom is 0.324 e. The number of rotatable bonds is 4. The molecule has 0 aliphatic carbocycles. The molecular weight excluding hydrogens is 256 g/mol. The third kappa shape index (κ3) is 3.02. The SMILES string of the molecule is COC(=O)[C@H]1CCCCN1S(=O)(=O)N(C)C(C)C. The summed E-state index contributed by atoms with van der Waals surface area (Å²) in [5.41, 5.74) is 0. The molecule has 0 aromatic heterocycles. The predicted molar refractivity (Wildman–Crippen MR) is 68.2 cm³/mol. The van der Waals surface area contributed by atoms with Crippen molar-refractivity contribution in [3.8, 4) is 0 Å². The molecule has 0 bridgehead atoms. The summed E-state index contributed by atoms with van der Waals surface area (Å²) in [6, 6.07) is -0.829. The van der Waals surface area contributed by atoms with Gasteiger partial charge in [-0.25, -0.2) is 0 Å². The van der Waals surface area contributed by atoms with E-state index in [9.17, 15) is 13.2 Å². The Hall–Kier alpha value is -0.660. The van der Waals surface area contributed by atoms with Crippen molar-refractivity contribution < 1.29 is 17.9 Å². The van der Waals surface area contributed by atoms with Gasteiger partial charge in [-0.05, 0) is 33.1 Å². The highest BCUT2D eigenvalue weighted by Crippen LogP contribution is 2.23. The zero-order valence-electron chi connectivity index (χ0n) is 11.4. The maximum atomic E-state index is 12.4. The summed E-state index contributed by atoms with van der Waals surface area (Å²) < 4.78 is 32.0. The van der Waals surface area contributed by atoms with Crippen molar-refractivity contribution in [1.82, 2.24) is 8.61 Å². The summed E-state index contributed by atoms with van der Waals surface area (Å²) in [6.45, 7) is 3.97. The largest absolute Gasteiger partial charge is 0.468 e. The Kier molecular flexibility index (Phi) is 5.12. The number of hydrogen-bond donors (Lipinski definition) is 0. The van der Waals surface area contributed by atoms with Crippen molar-refractivity contribution in [3.63, 3.8) is 0 Å². The fourth-order valence-electron chi connectivity index (χ4n) is 1.98. The number of hydrogen-bond acceptors (Lipinski definition) is 4. The van der Waals surface area contributed by atoms with Crippen LogP contribution in [0.4, 0.5) is 0 Å². The van der Waals surface area contributed by atoms with Gasteiger partial charge >= 0.3 is 5.97 Å². The molecule has 18 heavy (non-hydrogen) atoms. The highest BCUT2D eigenvalue weighted by Gasteiger charge is 2.39. The molecule has 1 heterocycles. The van der Waals surface area contributed by atoms with E-state index in [-0.39, 0.29) is 6.04 Å². The lowest BCUT2D eigenvalue weighted by Gasteiger charge is -2.36. The van der Waals surface area contributed by atoms with E-state index in [0.29, 0.717) is 13.0 Å². The standard InChI is InChI=1S/C11H22N2O4S/c1-9(2)12(3)18(15,16)13-8-6-5-7-10(13)11(14)17-4/h9-10H,5-8H2,1-4H3/t10-/m1/s1. The lowest BCUT2D eigenvalue weighted by Crippen LogP contribution is -2.54. The zero-order chi connectivity index (χ0) is 13.9. The molecule has 0 amide bonds. The monoisotopic (exact) mass is 278 g/mol. The Labute approximate surface area is 109 Å². The first-order chi connectivity index (χ1) is 8.32. The summed E-state index contributed by atoms with van der Waals surface area (Å²) >= 11 is 0. The summed E-state index contributed by atoms with van der Waals surface area (Å²) in [5.74, 6) is -0.476. The van der Waals surface area contributed by atoms with Crippen LogP contribution in [0.25, 0.3) is 0 Å². The second kappa shape index (κ2) is 5.99. The number of methoxy groups -OCH3 is 1. The highest BCUT2D eigenvalue weighted by molar-refractivity contribution is 7.86. The van der Waals surface area contributed by atoms with Gasteiger partial charge in [0.15, 0.2) is 0 Å². The van der Waals surface area contributed by atoms with Crippen LogP contribution in [0.1, 0.15) is 33.1 Å². The number of ether oxygens (including phenoxy) is 1. The molecule has 1 aliphatic heterocycles. The third-order valence-corrected chi connectivity index (χ3v) is 5.49. The molecule has 0 unspecified atom stereocenters. The minimum absolute atomic E-state index is 0.143. The smallest absolute Gasteiger partial charge is 0.324 e. The van der Waals surface area contributed by atoms with Crippen LogP contribution >= 0.6 is 0 Å². The molecule has 0 aromatic rings. The van der Waals surface area contributed by atoms with Gasteiger partial charge < -0.3 is 4.74 Å². The average molecular weight is 278 g/mol. The first-order valence-corrected chi connectivity index (χ1v) is 7.54. The van der Waals surface area contributed by atoms with Crippen LogP contribution in [0, 0.1) is 0 Å². The molecule has 1 atom stereocenters. The van der Waals surface area contributed by atoms with E-state index >= 15 is 0 Å². The Bertz CT molecular complexity index is 394. The van der Waals surface area contributed by atoms with E-state index in [4.69, 9.17) is 4.74 Å². The van der Waals surface area contributed by atoms with E-state index in [1.807, 2.05) is 0 Å². The van der Waals surface area contributed by atoms with Gasteiger partial charge in [-0.3, -0.25) is 4.79 Å². The molecule has 0 aromatic carbocycles. The van der Waals surface area contributed by atoms with Gasteiger partial charge in [0.2, 0.25) is 0 Å². The van der Waals surface area contributed by atoms with Gasteiger partial charge in [-0.2, -0.15) is 17.0 Å². The van der Waals surface area contributed by atoms with Crippen LogP contribution in [-0.2, 0) is 19.7 Å². The van der Waals surface area contributed by atoms with E-state index in [2.05, 4.69) is 0 Å². The van der Waals surface area contributed by atoms with Gasteiger partial charge in [-0.15, -0.1) is 0 Å². The van der Waals surface area contributed by atoms with Gasteiger partial charge in [0.25, 0.3) is 10.2 Å². The topological polar surface area (TPSA) is 66.9 Å². The average Bonchev–Trinajstić information content (AvgIpc) is 2.36. The minimum atomic E-state index is -3.60. The second-order valence-corrected chi connectivity index (χ2v) is 6.70. The van der Waals surface area contributed by atoms with Crippen molar-refractivity contribution >= 4 is 16.2 Å². The molecule has 0 spiro atoms. The molecule has 106 valence electrons. The second-order valence-electron chi connectivity index (χ2n) is 4.76. The van der Waals surface area contributed by atoms with Gasteiger partial charge in [0.05, 0.1) is 7.11 Å². The van der Waals surface area contributed by atoms with Crippen LogP contribution in [-0.4, -0.2) is 55.8 Å². The number of carbonyl (C=O) groups excluding carboxylic acids is 1. The third-order valence-electron chi connectivity index (χ3n) is 3.31. The van der Waals surface area contributed by atoms with Crippen molar-refractivity contribution in [1.29, 1.82) is 0 Å². The van der Waals surface area contributed by atoms with Crippen molar-refractivity contribution in [2.75, 3.05) is 20.7 Å². The molecule has 1 rings (SSSR count). The lowest BCUT2D eigenvalue weighted by atomic mass is 10.1. The molecule has 6 nitrogen and oxygen atoms in total. The Balaban J connectivity index is 3.00. The Morgan fingerprint density at radius 3 is 2.50 bits per heavy atom. The molecule has 0 radical (unpaired) electrons. The summed E-state index contributed by atoms with van der Waals surface area (Å²) in [4.78, 5) is 11.7. The fourth-order valence-corrected chi connectivity index (χ4v) is 3.72. The van der Waals surface area contributed by atoms with Crippen LogP contribution in [0.5, 0.6) is 0 Å². The number of piperidine rings is 1. The summed E-state index contributed by atoms with van der Waals surface area (Å²) in [7, 11) is -0.783. The maximum absolute atomic E-state index is 12.4. The van der Waals surface area contributed by atoms with Crippen molar-refractivity contribution in [2.24, 2.45) is 0 Å². The van der Waals surface area contributed by atoms with Gasteiger partial charge in [-0.1, -0.05) is 0 Å². The molecular formula is C11H22N2O4S. The number of carbonyl (C=O) groups is 1. The molecule has 0 N–H and O–H groups in total. The lowest BCUT2D eigenvalue weighted by molar-refractivity contribution is -0.146. The highest BCUT2D eigenvalue weighted by atomic mass is 32.2. The molecule has 1 fully saturated rings. The Morgan fingerprint density at radius 2 is 2.00 bits per heavy atom. The van der Waals surface area contributed by atoms with E-state index < -0.39 is 22.2 Å². The van der Waals surface area contributed by atoms with Crippen LogP contribution in [0.3, 0.4) is 0 Å². The first-order valence-electron chi connectivity index (χ1n) is 6.15. The van der Waals surface area contributed by atoms with E-state index in [0.717, 1.165) is 12.8 Å². The first kappa shape index (κ1) is 15.4. The number of esters is 1. The van der Waals surface area contributed by atoms with Crippen LogP contribution < -0.4 is 0 Å². The van der Waals surface area contributed by atoms with Crippen LogP contribution in [0.15, 0.2) is 0 Å². The molecule has 1 saturated heterocycles. The van der Waals surface area contributed by atoms with E-state index in [1.54, 1.807) is 13.8 Å². The Morgan fingerprint density at radius 1 is 1.39 bits per heavy atom. The van der Waals surface area contributed by atoms with Gasteiger partial charge in [0.1, 0.15) is 6.04 Å². The minimum Gasteiger partial charge on any atom is -0.468 e. The number of nitrogens with zero attached hydrogens (tertiary/aromatic N) is 2. The molecule has 7 heteroatoms. The summed E-state index contributed by atoms with van der Waals surface area (Å²) in [5, 5.41) is 0. The zero-order valence-corrected chi connectivity index (χ0v) is 12.2. The summed E-state index contributed by atoms with van der Waals surface area (Å²) in [6.07, 6.45) is 2.15.